The van der Waals surface area contributed by atoms with E-state index in [2.05, 4.69) is 19.1 Å². The Balaban J connectivity index is 1.59. The minimum atomic E-state index is 0.174. The maximum Gasteiger partial charge on any atom is 0.139 e. The molecule has 2 heteroatoms. The second-order valence-electron chi connectivity index (χ2n) is 4.97. The van der Waals surface area contributed by atoms with Crippen molar-refractivity contribution in [1.29, 1.82) is 0 Å². The van der Waals surface area contributed by atoms with Crippen LogP contribution in [0.25, 0.3) is 0 Å². The van der Waals surface area contributed by atoms with Crippen molar-refractivity contribution >= 4 is 5.78 Å². The van der Waals surface area contributed by atoms with E-state index in [1.807, 2.05) is 18.2 Å². The number of fused-ring (bicyclic) bond motifs is 1. The van der Waals surface area contributed by atoms with Crippen LogP contribution in [-0.2, 0) is 16.1 Å². The molecule has 0 N–H and O–H groups in total. The van der Waals surface area contributed by atoms with E-state index in [-0.39, 0.29) is 6.10 Å². The Hall–Kier alpha value is -1.15. The van der Waals surface area contributed by atoms with Crippen LogP contribution in [0.15, 0.2) is 30.3 Å². The van der Waals surface area contributed by atoms with Crippen LogP contribution in [0.3, 0.4) is 0 Å². The monoisotopic (exact) mass is 216 g/mol. The molecule has 16 heavy (non-hydrogen) atoms. The first-order valence-corrected chi connectivity index (χ1v) is 5.95. The lowest BCUT2D eigenvalue weighted by Crippen LogP contribution is -2.16. The second-order valence-corrected chi connectivity index (χ2v) is 4.97. The Labute approximate surface area is 95.6 Å². The first kappa shape index (κ1) is 10.0. The maximum atomic E-state index is 11.6. The maximum absolute atomic E-state index is 11.6. The zero-order valence-electron chi connectivity index (χ0n) is 9.43. The number of hydrogen-bond acceptors (Lipinski definition) is 2. The van der Waals surface area contributed by atoms with Gasteiger partial charge in [-0.3, -0.25) is 4.79 Å². The zero-order valence-corrected chi connectivity index (χ0v) is 9.43. The summed E-state index contributed by atoms with van der Waals surface area (Å²) in [5, 5.41) is 0. The number of ether oxygens (including phenoxy) is 1. The molecule has 1 aromatic carbocycles. The third kappa shape index (κ3) is 1.57. The average molecular weight is 216 g/mol. The van der Waals surface area contributed by atoms with Gasteiger partial charge in [-0.25, -0.2) is 0 Å². The normalized spacial score (nSPS) is 36.2. The second kappa shape index (κ2) is 3.70. The number of rotatable bonds is 3. The molecule has 3 rings (SSSR count). The molecule has 0 aromatic heterocycles. The van der Waals surface area contributed by atoms with Gasteiger partial charge in [0.1, 0.15) is 5.78 Å². The molecule has 0 spiro atoms. The van der Waals surface area contributed by atoms with E-state index >= 15 is 0 Å². The largest absolute Gasteiger partial charge is 0.373 e. The number of hydrogen-bond donors (Lipinski definition) is 0. The van der Waals surface area contributed by atoms with Crippen molar-refractivity contribution in [3.05, 3.63) is 35.9 Å². The minimum absolute atomic E-state index is 0.174. The van der Waals surface area contributed by atoms with Gasteiger partial charge < -0.3 is 4.74 Å². The van der Waals surface area contributed by atoms with E-state index in [4.69, 9.17) is 4.74 Å². The van der Waals surface area contributed by atoms with E-state index < -0.39 is 0 Å². The first-order valence-electron chi connectivity index (χ1n) is 5.95. The molecule has 0 radical (unpaired) electrons. The number of benzene rings is 1. The van der Waals surface area contributed by atoms with Gasteiger partial charge in [0.15, 0.2) is 0 Å². The van der Waals surface area contributed by atoms with Gasteiger partial charge in [0.05, 0.1) is 12.7 Å². The Morgan fingerprint density at radius 1 is 1.31 bits per heavy atom. The van der Waals surface area contributed by atoms with Gasteiger partial charge in [-0.1, -0.05) is 37.3 Å². The molecule has 2 nitrogen and oxygen atoms in total. The van der Waals surface area contributed by atoms with Crippen LogP contribution in [0.4, 0.5) is 0 Å². The molecule has 2 fully saturated rings. The summed E-state index contributed by atoms with van der Waals surface area (Å²) in [6.45, 7) is 2.79. The molecule has 4 unspecified atom stereocenters. The van der Waals surface area contributed by atoms with Gasteiger partial charge >= 0.3 is 0 Å². The summed E-state index contributed by atoms with van der Waals surface area (Å²) >= 11 is 0. The number of ketones is 1. The Kier molecular flexibility index (Phi) is 2.32. The van der Waals surface area contributed by atoms with Crippen LogP contribution >= 0.6 is 0 Å². The average Bonchev–Trinajstić information content (AvgIpc) is 2.84. The molecule has 2 aliphatic rings. The van der Waals surface area contributed by atoms with Gasteiger partial charge in [0.2, 0.25) is 0 Å². The fourth-order valence-electron chi connectivity index (χ4n) is 2.99. The van der Waals surface area contributed by atoms with Gasteiger partial charge in [-0.2, -0.15) is 0 Å². The lowest BCUT2D eigenvalue weighted by Gasteiger charge is -2.13. The van der Waals surface area contributed by atoms with E-state index in [1.165, 1.54) is 5.56 Å². The third-order valence-electron chi connectivity index (χ3n) is 3.96. The fourth-order valence-corrected chi connectivity index (χ4v) is 2.99. The first-order chi connectivity index (χ1) is 7.77. The van der Waals surface area contributed by atoms with Gasteiger partial charge in [-0.05, 0) is 17.4 Å². The number of carbonyl (C=O) groups excluding carboxylic acids is 1. The summed E-state index contributed by atoms with van der Waals surface area (Å²) in [7, 11) is 0. The summed E-state index contributed by atoms with van der Waals surface area (Å²) in [5.74, 6) is 1.80. The van der Waals surface area contributed by atoms with Crippen LogP contribution in [-0.4, -0.2) is 11.9 Å². The number of carbonyl (C=O) groups is 1. The highest BCUT2D eigenvalue weighted by atomic mass is 16.5. The smallest absolute Gasteiger partial charge is 0.139 e. The molecular formula is C14H16O2. The minimum Gasteiger partial charge on any atom is -0.373 e. The van der Waals surface area contributed by atoms with Crippen molar-refractivity contribution in [3.8, 4) is 0 Å². The van der Waals surface area contributed by atoms with Crippen molar-refractivity contribution in [2.75, 3.05) is 0 Å². The van der Waals surface area contributed by atoms with Crippen molar-refractivity contribution in [1.82, 2.24) is 0 Å². The fraction of sp³-hybridized carbons (Fsp3) is 0.500. The highest BCUT2D eigenvalue weighted by molar-refractivity contribution is 5.88. The number of Topliss-reactive ketones (excluding diaryl/α,β-unsaturated/α-hetero) is 1. The van der Waals surface area contributed by atoms with Crippen LogP contribution < -0.4 is 0 Å². The Morgan fingerprint density at radius 2 is 2.06 bits per heavy atom. The molecule has 84 valence electrons. The van der Waals surface area contributed by atoms with E-state index in [0.717, 1.165) is 0 Å². The van der Waals surface area contributed by atoms with Crippen LogP contribution in [0.5, 0.6) is 0 Å². The molecule has 0 amide bonds. The lowest BCUT2D eigenvalue weighted by molar-refractivity contribution is -0.120. The van der Waals surface area contributed by atoms with E-state index in [0.29, 0.717) is 36.6 Å². The highest BCUT2D eigenvalue weighted by Crippen LogP contribution is 2.56. The van der Waals surface area contributed by atoms with E-state index in [9.17, 15) is 4.79 Å². The summed E-state index contributed by atoms with van der Waals surface area (Å²) < 4.78 is 5.86. The predicted octanol–water partition coefficient (Wildman–Crippen LogP) is 2.43. The van der Waals surface area contributed by atoms with Gasteiger partial charge in [0, 0.05) is 12.3 Å². The Bertz CT molecular complexity index is 398. The predicted molar refractivity (Wildman–Crippen MR) is 60.8 cm³/mol. The summed E-state index contributed by atoms with van der Waals surface area (Å²) in [5.41, 5.74) is 1.19. The van der Waals surface area contributed by atoms with Crippen molar-refractivity contribution < 1.29 is 9.53 Å². The zero-order chi connectivity index (χ0) is 11.1. The van der Waals surface area contributed by atoms with Crippen LogP contribution in [0.2, 0.25) is 0 Å². The molecule has 0 heterocycles. The van der Waals surface area contributed by atoms with E-state index in [1.54, 1.807) is 0 Å². The molecular weight excluding hydrogens is 200 g/mol. The third-order valence-corrected chi connectivity index (χ3v) is 3.96. The molecule has 2 aliphatic carbocycles. The van der Waals surface area contributed by atoms with Gasteiger partial charge in [-0.15, -0.1) is 0 Å². The van der Waals surface area contributed by atoms with Crippen molar-refractivity contribution in [2.24, 2.45) is 17.8 Å². The van der Waals surface area contributed by atoms with Crippen LogP contribution in [0, 0.1) is 17.8 Å². The van der Waals surface area contributed by atoms with Crippen molar-refractivity contribution in [3.63, 3.8) is 0 Å². The molecule has 1 aromatic rings. The molecule has 0 saturated heterocycles. The summed E-state index contributed by atoms with van der Waals surface area (Å²) in [4.78, 5) is 11.6. The molecule has 4 atom stereocenters. The standard InChI is InChI=1S/C14H16O2/c1-9-13-11(15)7-12(14(9)13)16-8-10-5-3-2-4-6-10/h2-6,9,12-14H,7-8H2,1H3. The van der Waals surface area contributed by atoms with Crippen molar-refractivity contribution in [2.45, 2.75) is 26.1 Å². The quantitative estimate of drug-likeness (QED) is 0.775. The summed E-state index contributed by atoms with van der Waals surface area (Å²) in [6.07, 6.45) is 0.805. The lowest BCUT2D eigenvalue weighted by atomic mass is 10.1. The molecule has 0 bridgehead atoms. The topological polar surface area (TPSA) is 26.3 Å². The Morgan fingerprint density at radius 3 is 2.69 bits per heavy atom. The molecule has 2 saturated carbocycles. The van der Waals surface area contributed by atoms with Crippen LogP contribution in [0.1, 0.15) is 18.9 Å². The highest BCUT2D eigenvalue weighted by Gasteiger charge is 2.61. The SMILES string of the molecule is CC1C2C(=O)CC(OCc3ccccc3)C12. The molecule has 0 aliphatic heterocycles. The summed E-state index contributed by atoms with van der Waals surface area (Å²) in [6, 6.07) is 10.2. The van der Waals surface area contributed by atoms with Gasteiger partial charge in [0.25, 0.3) is 0 Å².